The van der Waals surface area contributed by atoms with Gasteiger partial charge in [-0.05, 0) is 32.8 Å². The van der Waals surface area contributed by atoms with Gasteiger partial charge in [0.25, 0.3) is 10.1 Å². The number of carbonyl (C=O) groups excluding carboxylic acids is 1. The molecule has 6 nitrogen and oxygen atoms in total. The van der Waals surface area contributed by atoms with Gasteiger partial charge in [0.2, 0.25) is 5.78 Å². The van der Waals surface area contributed by atoms with Gasteiger partial charge in [0.1, 0.15) is 0 Å². The zero-order chi connectivity index (χ0) is 18.4. The van der Waals surface area contributed by atoms with Crippen molar-refractivity contribution >= 4 is 32.4 Å². The van der Waals surface area contributed by atoms with Crippen LogP contribution in [0.4, 0.5) is 5.13 Å². The Balaban J connectivity index is 1.84. The summed E-state index contributed by atoms with van der Waals surface area (Å²) in [7, 11) is -3.47. The van der Waals surface area contributed by atoms with Crippen molar-refractivity contribution in [3.8, 4) is 0 Å². The fraction of sp³-hybridized carbons (Fsp3) is 0.412. The van der Waals surface area contributed by atoms with Gasteiger partial charge in [-0.1, -0.05) is 35.6 Å². The third kappa shape index (κ3) is 5.35. The number of aromatic nitrogens is 1. The highest BCUT2D eigenvalue weighted by Crippen LogP contribution is 2.22. The first kappa shape index (κ1) is 19.6. The summed E-state index contributed by atoms with van der Waals surface area (Å²) in [5, 5.41) is 3.16. The molecule has 0 saturated heterocycles. The number of rotatable bonds is 9. The van der Waals surface area contributed by atoms with Crippen LogP contribution in [-0.4, -0.2) is 37.6 Å². The predicted octanol–water partition coefficient (Wildman–Crippen LogP) is 3.24. The van der Waals surface area contributed by atoms with E-state index in [4.69, 9.17) is 4.18 Å². The molecule has 0 atom stereocenters. The number of anilines is 1. The molecule has 0 amide bonds. The van der Waals surface area contributed by atoms with Gasteiger partial charge in [-0.25, -0.2) is 4.98 Å². The summed E-state index contributed by atoms with van der Waals surface area (Å²) in [6.07, 6.45) is 2.08. The van der Waals surface area contributed by atoms with Gasteiger partial charge in [0, 0.05) is 12.1 Å². The average Bonchev–Trinajstić information content (AvgIpc) is 3.03. The molecule has 0 spiro atoms. The Morgan fingerprint density at radius 1 is 1.32 bits per heavy atom. The van der Waals surface area contributed by atoms with E-state index in [-0.39, 0.29) is 12.4 Å². The number of aryl methyl sites for hydroxylation is 1. The van der Waals surface area contributed by atoms with Crippen LogP contribution in [0, 0.1) is 6.92 Å². The van der Waals surface area contributed by atoms with Crippen LogP contribution < -0.4 is 5.32 Å². The number of ketones is 1. The molecule has 1 aromatic carbocycles. The molecule has 0 fully saturated rings. The summed E-state index contributed by atoms with van der Waals surface area (Å²) in [5.41, 5.74) is 1.60. The lowest BCUT2D eigenvalue weighted by atomic mass is 10.0. The summed E-state index contributed by atoms with van der Waals surface area (Å²) in [5.74, 6) is -0.0463. The molecule has 136 valence electrons. The molecule has 0 unspecified atom stereocenters. The number of hydrogen-bond donors (Lipinski definition) is 1. The zero-order valence-electron chi connectivity index (χ0n) is 14.5. The number of thiazole rings is 1. The van der Waals surface area contributed by atoms with Gasteiger partial charge in [0.05, 0.1) is 22.9 Å². The van der Waals surface area contributed by atoms with Gasteiger partial charge in [-0.2, -0.15) is 8.42 Å². The molecule has 0 radical (unpaired) electrons. The lowest BCUT2D eigenvalue weighted by Crippen LogP contribution is -2.18. The van der Waals surface area contributed by atoms with E-state index in [1.807, 2.05) is 25.1 Å². The van der Waals surface area contributed by atoms with E-state index in [2.05, 4.69) is 10.3 Å². The van der Waals surface area contributed by atoms with E-state index in [0.29, 0.717) is 28.5 Å². The van der Waals surface area contributed by atoms with Crippen molar-refractivity contribution in [1.29, 1.82) is 0 Å². The quantitative estimate of drug-likeness (QED) is 0.407. The minimum atomic E-state index is -3.47. The van der Waals surface area contributed by atoms with Crippen LogP contribution in [0.5, 0.6) is 0 Å². The van der Waals surface area contributed by atoms with Crippen molar-refractivity contribution in [3.63, 3.8) is 0 Å². The molecule has 0 saturated carbocycles. The molecule has 2 aromatic rings. The molecule has 8 heteroatoms. The average molecular weight is 383 g/mol. The topological polar surface area (TPSA) is 85.4 Å². The summed E-state index contributed by atoms with van der Waals surface area (Å²) < 4.78 is 27.9. The van der Waals surface area contributed by atoms with Crippen molar-refractivity contribution in [2.75, 3.05) is 18.5 Å². The number of nitrogens with one attached hydrogen (secondary N) is 1. The largest absolute Gasteiger partial charge is 0.361 e. The third-order valence-corrected chi connectivity index (χ3v) is 6.15. The van der Waals surface area contributed by atoms with Gasteiger partial charge >= 0.3 is 0 Å². The first-order valence-electron chi connectivity index (χ1n) is 7.99. The van der Waals surface area contributed by atoms with Crippen LogP contribution in [0.25, 0.3) is 0 Å². The van der Waals surface area contributed by atoms with E-state index in [9.17, 15) is 13.2 Å². The highest BCUT2D eigenvalue weighted by atomic mass is 32.2. The van der Waals surface area contributed by atoms with E-state index < -0.39 is 15.4 Å². The summed E-state index contributed by atoms with van der Waals surface area (Å²) in [6.45, 7) is 5.69. The van der Waals surface area contributed by atoms with Crippen LogP contribution in [0.3, 0.4) is 0 Å². The minimum Gasteiger partial charge on any atom is -0.361 e. The number of carbonyl (C=O) groups is 1. The minimum absolute atomic E-state index is 0.0463. The number of benzene rings is 1. The molecule has 1 aromatic heterocycles. The lowest BCUT2D eigenvalue weighted by Gasteiger charge is -2.08. The van der Waals surface area contributed by atoms with Crippen LogP contribution in [0.15, 0.2) is 30.5 Å². The Labute approximate surface area is 152 Å². The maximum Gasteiger partial charge on any atom is 0.269 e. The molecule has 0 aliphatic heterocycles. The van der Waals surface area contributed by atoms with Crippen molar-refractivity contribution in [2.24, 2.45) is 0 Å². The Kier molecular flexibility index (Phi) is 6.69. The van der Waals surface area contributed by atoms with E-state index in [1.165, 1.54) is 11.3 Å². The second kappa shape index (κ2) is 8.55. The van der Waals surface area contributed by atoms with Crippen LogP contribution in [0.2, 0.25) is 0 Å². The van der Waals surface area contributed by atoms with Crippen LogP contribution in [0.1, 0.15) is 41.1 Å². The van der Waals surface area contributed by atoms with E-state index in [0.717, 1.165) is 5.56 Å². The number of nitrogens with zero attached hydrogens (tertiary/aromatic N) is 1. The fourth-order valence-electron chi connectivity index (χ4n) is 2.00. The standard InChI is InChI=1S/C17H22N2O4S2/c1-12(2)25(21,22)23-10-6-9-18-17-19-11-15(24-17)16(20)14-8-5-4-7-13(14)3/h4-5,7-8,11-12H,6,9-10H2,1-3H3,(H,18,19). The Morgan fingerprint density at radius 3 is 2.72 bits per heavy atom. The SMILES string of the molecule is Cc1ccccc1C(=O)c1cnc(NCCCOS(=O)(=O)C(C)C)s1. The predicted molar refractivity (Wildman–Crippen MR) is 99.8 cm³/mol. The Hall–Kier alpha value is -1.77. The third-order valence-electron chi connectivity index (χ3n) is 3.54. The summed E-state index contributed by atoms with van der Waals surface area (Å²) in [4.78, 5) is 17.2. The molecule has 2 rings (SSSR count). The van der Waals surface area contributed by atoms with Crippen molar-refractivity contribution in [2.45, 2.75) is 32.4 Å². The highest BCUT2D eigenvalue weighted by molar-refractivity contribution is 7.87. The smallest absolute Gasteiger partial charge is 0.269 e. The second-order valence-electron chi connectivity index (χ2n) is 5.82. The molecular formula is C17H22N2O4S2. The maximum absolute atomic E-state index is 12.5. The first-order chi connectivity index (χ1) is 11.8. The normalized spacial score (nSPS) is 11.7. The van der Waals surface area contributed by atoms with E-state index >= 15 is 0 Å². The maximum atomic E-state index is 12.5. The zero-order valence-corrected chi connectivity index (χ0v) is 16.1. The highest BCUT2D eigenvalue weighted by Gasteiger charge is 2.16. The molecule has 1 heterocycles. The van der Waals surface area contributed by atoms with Crippen LogP contribution in [-0.2, 0) is 14.3 Å². The first-order valence-corrected chi connectivity index (χ1v) is 10.3. The lowest BCUT2D eigenvalue weighted by molar-refractivity contribution is 0.104. The van der Waals surface area contributed by atoms with Crippen molar-refractivity contribution < 1.29 is 17.4 Å². The van der Waals surface area contributed by atoms with E-state index in [1.54, 1.807) is 26.1 Å². The molecule has 0 aliphatic carbocycles. The molecular weight excluding hydrogens is 360 g/mol. The summed E-state index contributed by atoms with van der Waals surface area (Å²) >= 11 is 1.28. The van der Waals surface area contributed by atoms with Gasteiger partial charge in [0.15, 0.2) is 5.13 Å². The van der Waals surface area contributed by atoms with Gasteiger partial charge in [-0.15, -0.1) is 0 Å². The van der Waals surface area contributed by atoms with Crippen molar-refractivity contribution in [3.05, 3.63) is 46.5 Å². The number of hydrogen-bond acceptors (Lipinski definition) is 7. The second-order valence-corrected chi connectivity index (χ2v) is 9.01. The summed E-state index contributed by atoms with van der Waals surface area (Å²) in [6, 6.07) is 7.44. The molecule has 1 N–H and O–H groups in total. The fourth-order valence-corrected chi connectivity index (χ4v) is 3.42. The Morgan fingerprint density at radius 2 is 2.04 bits per heavy atom. The van der Waals surface area contributed by atoms with Gasteiger partial charge < -0.3 is 5.32 Å². The molecule has 0 bridgehead atoms. The molecule has 25 heavy (non-hydrogen) atoms. The van der Waals surface area contributed by atoms with Crippen molar-refractivity contribution in [1.82, 2.24) is 4.98 Å². The van der Waals surface area contributed by atoms with Gasteiger partial charge in [-0.3, -0.25) is 8.98 Å². The Bertz CT molecular complexity index is 829. The molecule has 0 aliphatic rings. The van der Waals surface area contributed by atoms with Crippen LogP contribution >= 0.6 is 11.3 Å². The monoisotopic (exact) mass is 382 g/mol.